The Morgan fingerprint density at radius 1 is 1.67 bits per heavy atom. The van der Waals surface area contributed by atoms with Crippen LogP contribution in [0.3, 0.4) is 0 Å². The Labute approximate surface area is 93.9 Å². The van der Waals surface area contributed by atoms with Crippen LogP contribution in [0.15, 0.2) is 4.99 Å². The van der Waals surface area contributed by atoms with Gasteiger partial charge in [-0.25, -0.2) is 0 Å². The standard InChI is InChI=1S/C9H15N3O2S/c1-3-14-8(13)5-4-6-11-9(15-2)12-7-10/h3-6H2,1-2H3,(H,11,12). The van der Waals surface area contributed by atoms with Crippen LogP contribution in [-0.4, -0.2) is 30.5 Å². The maximum Gasteiger partial charge on any atom is 0.305 e. The molecule has 0 aromatic heterocycles. The molecule has 0 aromatic rings. The molecule has 1 N–H and O–H groups in total. The fourth-order valence-electron chi connectivity index (χ4n) is 0.840. The molecule has 6 heteroatoms. The number of nitriles is 1. The molecule has 0 heterocycles. The first-order valence-corrected chi connectivity index (χ1v) is 5.86. The summed E-state index contributed by atoms with van der Waals surface area (Å²) in [5.74, 6) is -0.202. The van der Waals surface area contributed by atoms with E-state index < -0.39 is 0 Å². The zero-order valence-electron chi connectivity index (χ0n) is 8.95. The molecular formula is C9H15N3O2S. The average molecular weight is 229 g/mol. The van der Waals surface area contributed by atoms with Crippen molar-refractivity contribution in [3.8, 4) is 6.19 Å². The van der Waals surface area contributed by atoms with Gasteiger partial charge in [-0.15, -0.1) is 0 Å². The summed E-state index contributed by atoms with van der Waals surface area (Å²) in [6, 6.07) is 0. The molecule has 0 aliphatic heterocycles. The monoisotopic (exact) mass is 229 g/mol. The number of aliphatic imine (C=N–C) groups is 1. The first-order chi connectivity index (χ1) is 7.24. The van der Waals surface area contributed by atoms with E-state index >= 15 is 0 Å². The van der Waals surface area contributed by atoms with Gasteiger partial charge in [-0.1, -0.05) is 11.8 Å². The maximum absolute atomic E-state index is 10.9. The normalized spacial score (nSPS) is 10.6. The van der Waals surface area contributed by atoms with Crippen LogP contribution in [-0.2, 0) is 9.53 Å². The predicted octanol–water partition coefficient (Wildman–Crippen LogP) is 1.12. The fourth-order valence-corrected chi connectivity index (χ4v) is 1.21. The molecule has 0 unspecified atom stereocenters. The van der Waals surface area contributed by atoms with Crippen molar-refractivity contribution < 1.29 is 9.53 Å². The molecule has 15 heavy (non-hydrogen) atoms. The summed E-state index contributed by atoms with van der Waals surface area (Å²) < 4.78 is 4.76. The van der Waals surface area contributed by atoms with E-state index in [0.29, 0.717) is 31.2 Å². The highest BCUT2D eigenvalue weighted by atomic mass is 32.2. The molecule has 0 rings (SSSR count). The third-order valence-corrected chi connectivity index (χ3v) is 2.07. The van der Waals surface area contributed by atoms with Gasteiger partial charge in [0.15, 0.2) is 11.4 Å². The van der Waals surface area contributed by atoms with E-state index in [2.05, 4.69) is 10.3 Å². The van der Waals surface area contributed by atoms with Crippen LogP contribution in [0, 0.1) is 11.5 Å². The molecule has 0 radical (unpaired) electrons. The van der Waals surface area contributed by atoms with Gasteiger partial charge in [0.2, 0.25) is 0 Å². The van der Waals surface area contributed by atoms with Crippen molar-refractivity contribution in [1.82, 2.24) is 5.32 Å². The Bertz CT molecular complexity index is 261. The summed E-state index contributed by atoms with van der Waals surface area (Å²) in [5.41, 5.74) is 0. The number of ether oxygens (including phenoxy) is 1. The Hall–Kier alpha value is -1.22. The van der Waals surface area contributed by atoms with E-state index in [0.717, 1.165) is 0 Å². The van der Waals surface area contributed by atoms with Crippen LogP contribution in [0.25, 0.3) is 0 Å². The van der Waals surface area contributed by atoms with E-state index in [4.69, 9.17) is 10.00 Å². The van der Waals surface area contributed by atoms with E-state index in [9.17, 15) is 4.79 Å². The van der Waals surface area contributed by atoms with Gasteiger partial charge in [0.25, 0.3) is 0 Å². The first-order valence-electron chi connectivity index (χ1n) is 4.63. The number of carbonyl (C=O) groups is 1. The second kappa shape index (κ2) is 9.34. The average Bonchev–Trinajstić information content (AvgIpc) is 2.23. The van der Waals surface area contributed by atoms with Crippen molar-refractivity contribution in [3.63, 3.8) is 0 Å². The van der Waals surface area contributed by atoms with E-state index in [1.165, 1.54) is 11.8 Å². The molecule has 0 amide bonds. The summed E-state index contributed by atoms with van der Waals surface area (Å²) >= 11 is 1.36. The number of nitrogens with zero attached hydrogens (tertiary/aromatic N) is 2. The second-order valence-electron chi connectivity index (χ2n) is 2.54. The number of esters is 1. The molecule has 0 aliphatic rings. The van der Waals surface area contributed by atoms with Gasteiger partial charge in [-0.2, -0.15) is 5.26 Å². The third-order valence-electron chi connectivity index (χ3n) is 1.46. The van der Waals surface area contributed by atoms with Crippen LogP contribution >= 0.6 is 11.8 Å². The summed E-state index contributed by atoms with van der Waals surface area (Å²) in [7, 11) is 0. The summed E-state index contributed by atoms with van der Waals surface area (Å²) in [6.07, 6.45) is 4.62. The Morgan fingerprint density at radius 3 is 2.93 bits per heavy atom. The minimum absolute atomic E-state index is 0.202. The molecule has 0 spiro atoms. The van der Waals surface area contributed by atoms with Crippen molar-refractivity contribution in [2.24, 2.45) is 4.99 Å². The smallest absolute Gasteiger partial charge is 0.305 e. The number of hydrogen-bond donors (Lipinski definition) is 1. The molecule has 5 nitrogen and oxygen atoms in total. The molecule has 0 aliphatic carbocycles. The molecule has 0 saturated carbocycles. The van der Waals surface area contributed by atoms with Gasteiger partial charge in [0, 0.05) is 13.0 Å². The zero-order chi connectivity index (χ0) is 11.5. The lowest BCUT2D eigenvalue weighted by molar-refractivity contribution is -0.143. The number of hydrogen-bond acceptors (Lipinski definition) is 5. The number of amidine groups is 1. The van der Waals surface area contributed by atoms with E-state index in [1.807, 2.05) is 6.26 Å². The Morgan fingerprint density at radius 2 is 2.40 bits per heavy atom. The molecule has 0 aromatic carbocycles. The highest BCUT2D eigenvalue weighted by Gasteiger charge is 2.00. The highest BCUT2D eigenvalue weighted by molar-refractivity contribution is 8.13. The van der Waals surface area contributed by atoms with Crippen LogP contribution in [0.2, 0.25) is 0 Å². The maximum atomic E-state index is 10.9. The van der Waals surface area contributed by atoms with Gasteiger partial charge < -0.3 is 4.74 Å². The Balaban J connectivity index is 3.67. The van der Waals surface area contributed by atoms with Crippen molar-refractivity contribution in [2.75, 3.05) is 19.4 Å². The third kappa shape index (κ3) is 7.82. The summed E-state index contributed by atoms with van der Waals surface area (Å²) in [6.45, 7) is 2.70. The molecular weight excluding hydrogens is 214 g/mol. The van der Waals surface area contributed by atoms with Crippen molar-refractivity contribution in [2.45, 2.75) is 19.8 Å². The van der Waals surface area contributed by atoms with Crippen LogP contribution in [0.4, 0.5) is 0 Å². The minimum atomic E-state index is -0.202. The van der Waals surface area contributed by atoms with Crippen LogP contribution in [0.5, 0.6) is 0 Å². The minimum Gasteiger partial charge on any atom is -0.466 e. The fraction of sp³-hybridized carbons (Fsp3) is 0.667. The van der Waals surface area contributed by atoms with Crippen LogP contribution in [0.1, 0.15) is 19.8 Å². The quantitative estimate of drug-likeness (QED) is 0.191. The van der Waals surface area contributed by atoms with Gasteiger partial charge >= 0.3 is 5.97 Å². The second-order valence-corrected chi connectivity index (χ2v) is 3.33. The number of carbonyl (C=O) groups excluding carboxylic acids is 1. The molecule has 0 bridgehead atoms. The number of nitrogens with one attached hydrogen (secondary N) is 1. The molecule has 0 saturated heterocycles. The summed E-state index contributed by atoms with van der Waals surface area (Å²) in [4.78, 5) is 15.0. The van der Waals surface area contributed by atoms with Gasteiger partial charge in [-0.05, 0) is 19.6 Å². The zero-order valence-corrected chi connectivity index (χ0v) is 9.76. The Kier molecular flexibility index (Phi) is 8.58. The molecule has 0 atom stereocenters. The van der Waals surface area contributed by atoms with Gasteiger partial charge in [0.1, 0.15) is 0 Å². The largest absolute Gasteiger partial charge is 0.466 e. The lowest BCUT2D eigenvalue weighted by Gasteiger charge is -2.01. The lowest BCUT2D eigenvalue weighted by Crippen LogP contribution is -2.14. The van der Waals surface area contributed by atoms with Crippen molar-refractivity contribution >= 4 is 22.9 Å². The van der Waals surface area contributed by atoms with Gasteiger partial charge in [0.05, 0.1) is 6.61 Å². The predicted molar refractivity (Wildman–Crippen MR) is 60.4 cm³/mol. The van der Waals surface area contributed by atoms with Crippen LogP contribution < -0.4 is 5.32 Å². The highest BCUT2D eigenvalue weighted by Crippen LogP contribution is 1.98. The number of rotatable bonds is 5. The van der Waals surface area contributed by atoms with Crippen molar-refractivity contribution in [1.29, 1.82) is 5.26 Å². The first kappa shape index (κ1) is 13.8. The topological polar surface area (TPSA) is 74.5 Å². The van der Waals surface area contributed by atoms with Gasteiger partial charge in [-0.3, -0.25) is 15.1 Å². The molecule has 0 fully saturated rings. The van der Waals surface area contributed by atoms with E-state index in [-0.39, 0.29) is 5.97 Å². The van der Waals surface area contributed by atoms with Crippen molar-refractivity contribution in [3.05, 3.63) is 0 Å². The van der Waals surface area contributed by atoms with E-state index in [1.54, 1.807) is 13.1 Å². The summed E-state index contributed by atoms with van der Waals surface area (Å²) in [5, 5.41) is 11.4. The lowest BCUT2D eigenvalue weighted by atomic mass is 10.3. The number of thioether (sulfide) groups is 1. The SMILES string of the molecule is CCOC(=O)CCCN=C(NC#N)SC. The molecule has 84 valence electrons.